The van der Waals surface area contributed by atoms with Gasteiger partial charge in [-0.2, -0.15) is 5.10 Å². The molecule has 2 aromatic carbocycles. The Morgan fingerprint density at radius 1 is 0.783 bits per heavy atom. The molecule has 0 radical (unpaired) electrons. The van der Waals surface area contributed by atoms with Crippen LogP contribution < -0.4 is 0 Å². The standard InChI is InChI=1S/C19H11N3O/c1-2-6-14-12(4-1)8-9-15(21-14)13-5-3-7-16-18(13)19-17(23-16)10-11-20-22-19/h1-11H. The third kappa shape index (κ3) is 1.82. The maximum Gasteiger partial charge on any atom is 0.157 e. The molecule has 0 aliphatic heterocycles. The van der Waals surface area contributed by atoms with Gasteiger partial charge in [0, 0.05) is 17.0 Å². The molecule has 5 aromatic rings. The van der Waals surface area contributed by atoms with Crippen LogP contribution in [0.3, 0.4) is 0 Å². The molecule has 4 nitrogen and oxygen atoms in total. The molecule has 4 heteroatoms. The average molecular weight is 297 g/mol. The largest absolute Gasteiger partial charge is 0.454 e. The van der Waals surface area contributed by atoms with Crippen LogP contribution in [-0.2, 0) is 0 Å². The van der Waals surface area contributed by atoms with Crippen LogP contribution in [0.4, 0.5) is 0 Å². The first kappa shape index (κ1) is 12.3. The zero-order valence-corrected chi connectivity index (χ0v) is 12.1. The minimum absolute atomic E-state index is 0.739. The van der Waals surface area contributed by atoms with Gasteiger partial charge >= 0.3 is 0 Å². The van der Waals surface area contributed by atoms with Gasteiger partial charge in [0.05, 0.1) is 22.8 Å². The quantitative estimate of drug-likeness (QED) is 0.454. The van der Waals surface area contributed by atoms with Crippen LogP contribution in [-0.4, -0.2) is 15.2 Å². The number of nitrogens with zero attached hydrogens (tertiary/aromatic N) is 3. The summed E-state index contributed by atoms with van der Waals surface area (Å²) < 4.78 is 5.87. The number of para-hydroxylation sites is 1. The number of hydrogen-bond acceptors (Lipinski definition) is 4. The van der Waals surface area contributed by atoms with Gasteiger partial charge in [-0.1, -0.05) is 36.4 Å². The van der Waals surface area contributed by atoms with Crippen molar-refractivity contribution in [2.24, 2.45) is 0 Å². The maximum absolute atomic E-state index is 5.87. The zero-order chi connectivity index (χ0) is 15.2. The van der Waals surface area contributed by atoms with Crippen molar-refractivity contribution in [1.29, 1.82) is 0 Å². The normalized spacial score (nSPS) is 11.5. The van der Waals surface area contributed by atoms with E-state index in [4.69, 9.17) is 9.40 Å². The number of pyridine rings is 1. The van der Waals surface area contributed by atoms with Crippen LogP contribution >= 0.6 is 0 Å². The number of fused-ring (bicyclic) bond motifs is 4. The zero-order valence-electron chi connectivity index (χ0n) is 12.1. The minimum atomic E-state index is 0.739. The Balaban J connectivity index is 1.87. The molecule has 0 atom stereocenters. The van der Waals surface area contributed by atoms with E-state index in [0.717, 1.165) is 44.2 Å². The molecule has 0 spiro atoms. The minimum Gasteiger partial charge on any atom is -0.454 e. The van der Waals surface area contributed by atoms with Gasteiger partial charge in [-0.15, -0.1) is 5.10 Å². The van der Waals surface area contributed by atoms with E-state index in [1.807, 2.05) is 48.5 Å². The molecule has 0 N–H and O–H groups in total. The summed E-state index contributed by atoms with van der Waals surface area (Å²) >= 11 is 0. The molecule has 3 aromatic heterocycles. The second kappa shape index (κ2) is 4.61. The summed E-state index contributed by atoms with van der Waals surface area (Å²) in [5.74, 6) is 0. The van der Waals surface area contributed by atoms with Crippen LogP contribution in [0.5, 0.6) is 0 Å². The first-order valence-corrected chi connectivity index (χ1v) is 7.39. The summed E-state index contributed by atoms with van der Waals surface area (Å²) in [5.41, 5.74) is 5.19. The summed E-state index contributed by atoms with van der Waals surface area (Å²) in [7, 11) is 0. The lowest BCUT2D eigenvalue weighted by molar-refractivity contribution is 0.667. The molecule has 0 saturated carbocycles. The molecule has 0 amide bonds. The average Bonchev–Trinajstić information content (AvgIpc) is 3.00. The third-order valence-corrected chi connectivity index (χ3v) is 4.04. The van der Waals surface area contributed by atoms with Gasteiger partial charge in [0.25, 0.3) is 0 Å². The highest BCUT2D eigenvalue weighted by molar-refractivity contribution is 6.10. The number of furan rings is 1. The van der Waals surface area contributed by atoms with E-state index in [-0.39, 0.29) is 0 Å². The van der Waals surface area contributed by atoms with Gasteiger partial charge in [0.15, 0.2) is 5.58 Å². The van der Waals surface area contributed by atoms with Gasteiger partial charge < -0.3 is 4.42 Å². The third-order valence-electron chi connectivity index (χ3n) is 4.04. The number of rotatable bonds is 1. The van der Waals surface area contributed by atoms with E-state index < -0.39 is 0 Å². The Bertz CT molecular complexity index is 1180. The second-order valence-corrected chi connectivity index (χ2v) is 5.41. The van der Waals surface area contributed by atoms with E-state index in [1.54, 1.807) is 6.20 Å². The van der Waals surface area contributed by atoms with Gasteiger partial charge in [-0.3, -0.25) is 0 Å². The fourth-order valence-electron chi connectivity index (χ4n) is 2.98. The van der Waals surface area contributed by atoms with Crippen molar-refractivity contribution in [3.05, 3.63) is 66.9 Å². The van der Waals surface area contributed by atoms with E-state index in [2.05, 4.69) is 22.3 Å². The van der Waals surface area contributed by atoms with E-state index in [1.165, 1.54) is 0 Å². The van der Waals surface area contributed by atoms with E-state index in [0.29, 0.717) is 0 Å². The van der Waals surface area contributed by atoms with Crippen LogP contribution in [0, 0.1) is 0 Å². The van der Waals surface area contributed by atoms with Crippen molar-refractivity contribution in [2.45, 2.75) is 0 Å². The Morgan fingerprint density at radius 3 is 2.74 bits per heavy atom. The smallest absolute Gasteiger partial charge is 0.157 e. The molecule has 5 rings (SSSR count). The van der Waals surface area contributed by atoms with Gasteiger partial charge in [0.1, 0.15) is 11.1 Å². The first-order chi connectivity index (χ1) is 11.4. The van der Waals surface area contributed by atoms with Crippen molar-refractivity contribution >= 4 is 33.0 Å². The fourth-order valence-corrected chi connectivity index (χ4v) is 2.98. The molecule has 0 fully saturated rings. The summed E-state index contributed by atoms with van der Waals surface area (Å²) in [6, 6.07) is 20.0. The number of hydrogen-bond donors (Lipinski definition) is 0. The highest BCUT2D eigenvalue weighted by Crippen LogP contribution is 2.34. The Morgan fingerprint density at radius 2 is 1.74 bits per heavy atom. The van der Waals surface area contributed by atoms with Crippen molar-refractivity contribution in [1.82, 2.24) is 15.2 Å². The predicted octanol–water partition coefficient (Wildman–Crippen LogP) is 4.59. The molecule has 0 unspecified atom stereocenters. The Kier molecular flexibility index (Phi) is 2.46. The van der Waals surface area contributed by atoms with Crippen LogP contribution in [0.1, 0.15) is 0 Å². The Labute approximate surface area is 131 Å². The van der Waals surface area contributed by atoms with E-state index in [9.17, 15) is 0 Å². The topological polar surface area (TPSA) is 51.8 Å². The van der Waals surface area contributed by atoms with E-state index >= 15 is 0 Å². The summed E-state index contributed by atoms with van der Waals surface area (Å²) in [6.07, 6.45) is 1.64. The predicted molar refractivity (Wildman–Crippen MR) is 90.0 cm³/mol. The number of aromatic nitrogens is 3. The van der Waals surface area contributed by atoms with Crippen LogP contribution in [0.2, 0.25) is 0 Å². The second-order valence-electron chi connectivity index (χ2n) is 5.41. The summed E-state index contributed by atoms with van der Waals surface area (Å²) in [6.45, 7) is 0. The molecule has 0 aliphatic rings. The summed E-state index contributed by atoms with van der Waals surface area (Å²) in [5, 5.41) is 10.3. The maximum atomic E-state index is 5.87. The van der Waals surface area contributed by atoms with Crippen molar-refractivity contribution in [3.63, 3.8) is 0 Å². The molecule has 108 valence electrons. The highest BCUT2D eigenvalue weighted by atomic mass is 16.3. The number of benzene rings is 2. The van der Waals surface area contributed by atoms with Crippen molar-refractivity contribution in [3.8, 4) is 11.3 Å². The van der Waals surface area contributed by atoms with Crippen LogP contribution in [0.15, 0.2) is 71.3 Å². The van der Waals surface area contributed by atoms with Crippen molar-refractivity contribution < 1.29 is 4.42 Å². The Hall–Kier alpha value is -3.27. The van der Waals surface area contributed by atoms with Crippen molar-refractivity contribution in [2.75, 3.05) is 0 Å². The monoisotopic (exact) mass is 297 g/mol. The molecule has 0 saturated heterocycles. The lowest BCUT2D eigenvalue weighted by Crippen LogP contribution is -1.87. The van der Waals surface area contributed by atoms with Crippen LogP contribution in [0.25, 0.3) is 44.2 Å². The lowest BCUT2D eigenvalue weighted by Gasteiger charge is -2.04. The molecule has 0 aliphatic carbocycles. The highest BCUT2D eigenvalue weighted by Gasteiger charge is 2.14. The first-order valence-electron chi connectivity index (χ1n) is 7.39. The summed E-state index contributed by atoms with van der Waals surface area (Å²) in [4.78, 5) is 4.79. The lowest BCUT2D eigenvalue weighted by atomic mass is 10.0. The molecule has 23 heavy (non-hydrogen) atoms. The molecule has 0 bridgehead atoms. The van der Waals surface area contributed by atoms with Gasteiger partial charge in [-0.05, 0) is 18.2 Å². The SMILES string of the molecule is c1ccc2nc(-c3cccc4oc5ccnnc5c34)ccc2c1. The fraction of sp³-hybridized carbons (Fsp3) is 0. The molecular weight excluding hydrogens is 286 g/mol. The molecular formula is C19H11N3O. The molecule has 3 heterocycles. The van der Waals surface area contributed by atoms with Gasteiger partial charge in [0.2, 0.25) is 0 Å². The van der Waals surface area contributed by atoms with Gasteiger partial charge in [-0.25, -0.2) is 4.98 Å².